The maximum absolute atomic E-state index is 5.87. The molecule has 3 heteroatoms. The van der Waals surface area contributed by atoms with E-state index >= 15 is 0 Å². The van der Waals surface area contributed by atoms with Gasteiger partial charge in [0.15, 0.2) is 0 Å². The van der Waals surface area contributed by atoms with Crippen LogP contribution < -0.4 is 10.1 Å². The lowest BCUT2D eigenvalue weighted by Crippen LogP contribution is -2.05. The van der Waals surface area contributed by atoms with E-state index in [1.807, 2.05) is 19.2 Å². The zero-order chi connectivity index (χ0) is 13.0. The maximum atomic E-state index is 5.87. The van der Waals surface area contributed by atoms with Crippen LogP contribution in [0.25, 0.3) is 11.0 Å². The Morgan fingerprint density at radius 1 is 1.28 bits per heavy atom. The summed E-state index contributed by atoms with van der Waals surface area (Å²) < 4.78 is 11.5. The number of furan rings is 1. The van der Waals surface area contributed by atoms with E-state index in [1.54, 1.807) is 0 Å². The van der Waals surface area contributed by atoms with Crippen LogP contribution in [0, 0.1) is 0 Å². The molecule has 0 saturated heterocycles. The van der Waals surface area contributed by atoms with Crippen molar-refractivity contribution < 1.29 is 9.15 Å². The van der Waals surface area contributed by atoms with Gasteiger partial charge in [-0.05, 0) is 38.1 Å². The lowest BCUT2D eigenvalue weighted by molar-refractivity contribution is 0.318. The minimum Gasteiger partial charge on any atom is -0.494 e. The minimum atomic E-state index is 0.758. The third kappa shape index (κ3) is 2.51. The van der Waals surface area contributed by atoms with Crippen molar-refractivity contribution in [1.29, 1.82) is 0 Å². The number of fused-ring (bicyclic) bond motifs is 1. The molecule has 98 valence electrons. The molecule has 1 heterocycles. The highest BCUT2D eigenvalue weighted by Gasteiger charge is 2.12. The molecule has 0 aliphatic rings. The van der Waals surface area contributed by atoms with E-state index in [0.29, 0.717) is 0 Å². The molecule has 2 aromatic rings. The van der Waals surface area contributed by atoms with Gasteiger partial charge in [0, 0.05) is 10.9 Å². The Morgan fingerprint density at radius 3 is 2.78 bits per heavy atom. The molecule has 1 aromatic carbocycles. The summed E-state index contributed by atoms with van der Waals surface area (Å²) in [5.41, 5.74) is 2.22. The average Bonchev–Trinajstić information content (AvgIpc) is 2.73. The molecule has 0 unspecified atom stereocenters. The fraction of sp³-hybridized carbons (Fsp3) is 0.467. The van der Waals surface area contributed by atoms with Crippen LogP contribution in [-0.2, 0) is 13.0 Å². The van der Waals surface area contributed by atoms with Crippen molar-refractivity contribution in [2.45, 2.75) is 33.2 Å². The van der Waals surface area contributed by atoms with Gasteiger partial charge in [-0.1, -0.05) is 13.8 Å². The number of rotatable bonds is 6. The van der Waals surface area contributed by atoms with E-state index in [1.165, 1.54) is 10.9 Å². The van der Waals surface area contributed by atoms with E-state index in [0.717, 1.165) is 43.1 Å². The summed E-state index contributed by atoms with van der Waals surface area (Å²) in [7, 11) is 1.93. The number of hydrogen-bond acceptors (Lipinski definition) is 3. The Morgan fingerprint density at radius 2 is 2.11 bits per heavy atom. The summed E-state index contributed by atoms with van der Waals surface area (Å²) in [6.45, 7) is 5.79. The van der Waals surface area contributed by atoms with Gasteiger partial charge < -0.3 is 14.5 Å². The SMILES string of the molecule is CCCOc1ccc2oc(CNC)c(CC)c2c1. The van der Waals surface area contributed by atoms with Gasteiger partial charge in [-0.25, -0.2) is 0 Å². The quantitative estimate of drug-likeness (QED) is 0.848. The largest absolute Gasteiger partial charge is 0.494 e. The van der Waals surface area contributed by atoms with Crippen molar-refractivity contribution in [3.05, 3.63) is 29.5 Å². The first-order valence-corrected chi connectivity index (χ1v) is 6.61. The van der Waals surface area contributed by atoms with Crippen molar-refractivity contribution >= 4 is 11.0 Å². The standard InChI is InChI=1S/C15H21NO2/c1-4-8-17-11-6-7-14-13(9-11)12(5-2)15(18-14)10-16-3/h6-7,9,16H,4-5,8,10H2,1-3H3. The third-order valence-corrected chi connectivity index (χ3v) is 3.01. The molecule has 1 aromatic heterocycles. The predicted octanol–water partition coefficient (Wildman–Crippen LogP) is 3.50. The Hall–Kier alpha value is -1.48. The second-order valence-corrected chi connectivity index (χ2v) is 4.39. The number of hydrogen-bond donors (Lipinski definition) is 1. The molecular weight excluding hydrogens is 226 g/mol. The summed E-state index contributed by atoms with van der Waals surface area (Å²) in [5, 5.41) is 4.32. The van der Waals surface area contributed by atoms with Gasteiger partial charge in [0.2, 0.25) is 0 Å². The fourth-order valence-electron chi connectivity index (χ4n) is 2.18. The minimum absolute atomic E-state index is 0.758. The fourth-order valence-corrected chi connectivity index (χ4v) is 2.18. The highest BCUT2D eigenvalue weighted by molar-refractivity contribution is 5.83. The van der Waals surface area contributed by atoms with Crippen molar-refractivity contribution in [2.75, 3.05) is 13.7 Å². The van der Waals surface area contributed by atoms with Crippen LogP contribution in [0.4, 0.5) is 0 Å². The van der Waals surface area contributed by atoms with Gasteiger partial charge >= 0.3 is 0 Å². The lowest BCUT2D eigenvalue weighted by Gasteiger charge is -2.04. The monoisotopic (exact) mass is 247 g/mol. The summed E-state index contributed by atoms with van der Waals surface area (Å²) in [6, 6.07) is 6.06. The Labute approximate surface area is 108 Å². The predicted molar refractivity (Wildman–Crippen MR) is 74.1 cm³/mol. The van der Waals surface area contributed by atoms with Crippen molar-refractivity contribution in [3.8, 4) is 5.75 Å². The molecule has 0 bridgehead atoms. The molecule has 0 atom stereocenters. The highest BCUT2D eigenvalue weighted by Crippen LogP contribution is 2.29. The van der Waals surface area contributed by atoms with E-state index < -0.39 is 0 Å². The van der Waals surface area contributed by atoms with Crippen LogP contribution in [0.2, 0.25) is 0 Å². The lowest BCUT2D eigenvalue weighted by atomic mass is 10.1. The van der Waals surface area contributed by atoms with Crippen molar-refractivity contribution in [2.24, 2.45) is 0 Å². The Bertz CT molecular complexity index is 516. The van der Waals surface area contributed by atoms with Crippen LogP contribution in [0.1, 0.15) is 31.6 Å². The number of benzene rings is 1. The van der Waals surface area contributed by atoms with Crippen molar-refractivity contribution in [1.82, 2.24) is 5.32 Å². The molecule has 3 nitrogen and oxygen atoms in total. The molecule has 0 aliphatic carbocycles. The van der Waals surface area contributed by atoms with Gasteiger partial charge in [-0.3, -0.25) is 0 Å². The summed E-state index contributed by atoms with van der Waals surface area (Å²) in [6.07, 6.45) is 2.00. The number of ether oxygens (including phenoxy) is 1. The van der Waals surface area contributed by atoms with Gasteiger partial charge in [-0.2, -0.15) is 0 Å². The van der Waals surface area contributed by atoms with E-state index in [-0.39, 0.29) is 0 Å². The molecule has 0 spiro atoms. The maximum Gasteiger partial charge on any atom is 0.134 e. The molecule has 2 rings (SSSR count). The second kappa shape index (κ2) is 5.91. The third-order valence-electron chi connectivity index (χ3n) is 3.01. The average molecular weight is 247 g/mol. The molecule has 18 heavy (non-hydrogen) atoms. The van der Waals surface area contributed by atoms with Gasteiger partial charge in [0.05, 0.1) is 13.2 Å². The Kier molecular flexibility index (Phi) is 4.26. The first-order valence-electron chi connectivity index (χ1n) is 6.61. The van der Waals surface area contributed by atoms with E-state index in [2.05, 4.69) is 25.2 Å². The summed E-state index contributed by atoms with van der Waals surface area (Å²) >= 11 is 0. The Balaban J connectivity index is 2.40. The van der Waals surface area contributed by atoms with Crippen LogP contribution >= 0.6 is 0 Å². The zero-order valence-electron chi connectivity index (χ0n) is 11.4. The van der Waals surface area contributed by atoms with Crippen molar-refractivity contribution in [3.63, 3.8) is 0 Å². The van der Waals surface area contributed by atoms with E-state index in [9.17, 15) is 0 Å². The highest BCUT2D eigenvalue weighted by atomic mass is 16.5. The molecule has 0 aliphatic heterocycles. The van der Waals surface area contributed by atoms with E-state index in [4.69, 9.17) is 9.15 Å². The smallest absolute Gasteiger partial charge is 0.134 e. The van der Waals surface area contributed by atoms with Crippen LogP contribution in [0.5, 0.6) is 5.75 Å². The van der Waals surface area contributed by atoms with Crippen LogP contribution in [0.15, 0.2) is 22.6 Å². The molecule has 0 amide bonds. The molecule has 0 radical (unpaired) electrons. The second-order valence-electron chi connectivity index (χ2n) is 4.39. The zero-order valence-corrected chi connectivity index (χ0v) is 11.4. The van der Waals surface area contributed by atoms with Gasteiger partial charge in [0.25, 0.3) is 0 Å². The topological polar surface area (TPSA) is 34.4 Å². The summed E-state index contributed by atoms with van der Waals surface area (Å²) in [5.74, 6) is 1.96. The first kappa shape index (κ1) is 13.0. The normalized spacial score (nSPS) is 11.1. The molecule has 0 fully saturated rings. The van der Waals surface area contributed by atoms with Crippen LogP contribution in [0.3, 0.4) is 0 Å². The van der Waals surface area contributed by atoms with Crippen LogP contribution in [-0.4, -0.2) is 13.7 Å². The molecule has 1 N–H and O–H groups in total. The van der Waals surface area contributed by atoms with Gasteiger partial charge in [0.1, 0.15) is 17.1 Å². The van der Waals surface area contributed by atoms with Gasteiger partial charge in [-0.15, -0.1) is 0 Å². The first-order chi connectivity index (χ1) is 8.80. The number of nitrogens with one attached hydrogen (secondary N) is 1. The summed E-state index contributed by atoms with van der Waals surface area (Å²) in [4.78, 5) is 0. The molecule has 0 saturated carbocycles. The number of aryl methyl sites for hydroxylation is 1. The molecular formula is C15H21NO2.